The van der Waals surface area contributed by atoms with Crippen LogP contribution in [0.2, 0.25) is 5.02 Å². The van der Waals surface area contributed by atoms with Gasteiger partial charge in [0.25, 0.3) is 0 Å². The first-order valence-corrected chi connectivity index (χ1v) is 3.73. The molecule has 0 radical (unpaired) electrons. The van der Waals surface area contributed by atoms with Crippen LogP contribution in [0.25, 0.3) is 6.08 Å². The molecule has 0 aliphatic carbocycles. The van der Waals surface area contributed by atoms with Gasteiger partial charge >= 0.3 is 5.97 Å². The summed E-state index contributed by atoms with van der Waals surface area (Å²) in [6.45, 7) is 0. The van der Waals surface area contributed by atoms with E-state index in [1.807, 2.05) is 0 Å². The van der Waals surface area contributed by atoms with Crippen molar-refractivity contribution in [3.8, 4) is 0 Å². The number of benzene rings is 1. The minimum Gasteiger partial charge on any atom is -0.478 e. The lowest BCUT2D eigenvalue weighted by Gasteiger charge is -1.94. The molecular weight excluding hydrogens is 211 g/mol. The highest BCUT2D eigenvalue weighted by Gasteiger charge is 1.93. The van der Waals surface area contributed by atoms with Crippen molar-refractivity contribution in [3.05, 3.63) is 40.9 Å². The predicted octanol–water partition coefficient (Wildman–Crippen LogP) is 2.86. The molecule has 2 nitrogen and oxygen atoms in total. The summed E-state index contributed by atoms with van der Waals surface area (Å²) in [7, 11) is 0. The maximum atomic E-state index is 10.2. The van der Waals surface area contributed by atoms with Gasteiger partial charge in [-0.25, -0.2) is 4.79 Å². The van der Waals surface area contributed by atoms with Crippen molar-refractivity contribution in [2.45, 2.75) is 0 Å². The molecule has 70 valence electrons. The summed E-state index contributed by atoms with van der Waals surface area (Å²) in [5, 5.41) is 8.89. The van der Waals surface area contributed by atoms with Gasteiger partial charge in [0, 0.05) is 11.1 Å². The van der Waals surface area contributed by atoms with Gasteiger partial charge in [-0.2, -0.15) is 0 Å². The summed E-state index contributed by atoms with van der Waals surface area (Å²) >= 11 is 5.76. The van der Waals surface area contributed by atoms with Gasteiger partial charge in [-0.15, -0.1) is 12.4 Å². The molecule has 0 aliphatic rings. The molecular formula is C9H8Cl2O2. The van der Waals surface area contributed by atoms with E-state index in [2.05, 4.69) is 0 Å². The summed E-state index contributed by atoms with van der Waals surface area (Å²) < 4.78 is 0. The second-order valence-corrected chi connectivity index (χ2v) is 2.60. The molecule has 0 atom stereocenters. The van der Waals surface area contributed by atoms with Crippen LogP contribution < -0.4 is 0 Å². The molecule has 0 aliphatic heterocycles. The van der Waals surface area contributed by atoms with Crippen LogP contribution in [0.15, 0.2) is 30.3 Å². The Morgan fingerprint density at radius 1 is 1.38 bits per heavy atom. The average molecular weight is 219 g/mol. The summed E-state index contributed by atoms with van der Waals surface area (Å²) in [5.74, 6) is -0.977. The third-order valence-corrected chi connectivity index (χ3v) is 1.65. The normalized spacial score (nSPS) is 9.62. The number of hydrogen-bond acceptors (Lipinski definition) is 1. The van der Waals surface area contributed by atoms with E-state index in [9.17, 15) is 4.79 Å². The van der Waals surface area contributed by atoms with Gasteiger partial charge in [-0.05, 0) is 17.7 Å². The summed E-state index contributed by atoms with van der Waals surface area (Å²) in [5.41, 5.74) is 0.710. The van der Waals surface area contributed by atoms with Crippen molar-refractivity contribution >= 4 is 36.1 Å². The second-order valence-electron chi connectivity index (χ2n) is 2.19. The minimum atomic E-state index is -0.977. The van der Waals surface area contributed by atoms with Crippen molar-refractivity contribution in [2.24, 2.45) is 0 Å². The molecule has 0 saturated carbocycles. The van der Waals surface area contributed by atoms with E-state index in [1.54, 1.807) is 24.3 Å². The summed E-state index contributed by atoms with van der Waals surface area (Å²) in [6.07, 6.45) is 2.52. The van der Waals surface area contributed by atoms with Gasteiger partial charge < -0.3 is 5.11 Å². The Morgan fingerprint density at radius 3 is 2.54 bits per heavy atom. The van der Waals surface area contributed by atoms with Crippen molar-refractivity contribution < 1.29 is 9.90 Å². The molecule has 0 saturated heterocycles. The van der Waals surface area contributed by atoms with Gasteiger partial charge in [0.2, 0.25) is 0 Å². The zero-order chi connectivity index (χ0) is 8.97. The summed E-state index contributed by atoms with van der Waals surface area (Å²) in [6, 6.07) is 7.05. The monoisotopic (exact) mass is 218 g/mol. The highest BCUT2D eigenvalue weighted by atomic mass is 35.5. The molecule has 0 unspecified atom stereocenters. The molecule has 0 amide bonds. The lowest BCUT2D eigenvalue weighted by Crippen LogP contribution is -1.85. The molecule has 1 aromatic rings. The number of carboxylic acid groups (broad SMARTS) is 1. The predicted molar refractivity (Wildman–Crippen MR) is 55.4 cm³/mol. The first kappa shape index (κ1) is 12.0. The van der Waals surface area contributed by atoms with Crippen LogP contribution in [0.1, 0.15) is 5.56 Å². The fraction of sp³-hybridized carbons (Fsp3) is 0. The number of aliphatic carboxylic acids is 1. The van der Waals surface area contributed by atoms with Crippen molar-refractivity contribution in [1.82, 2.24) is 0 Å². The van der Waals surface area contributed by atoms with Gasteiger partial charge in [-0.1, -0.05) is 29.8 Å². The maximum absolute atomic E-state index is 10.2. The molecule has 1 aromatic carbocycles. The first-order valence-electron chi connectivity index (χ1n) is 3.35. The molecule has 0 fully saturated rings. The third-order valence-electron chi connectivity index (χ3n) is 1.31. The molecule has 13 heavy (non-hydrogen) atoms. The average Bonchev–Trinajstić information content (AvgIpc) is 2.03. The van der Waals surface area contributed by atoms with Gasteiger partial charge in [0.15, 0.2) is 0 Å². The fourth-order valence-corrected chi connectivity index (χ4v) is 0.970. The SMILES string of the molecule is Cl.O=C(O)C=Cc1ccccc1Cl. The zero-order valence-electron chi connectivity index (χ0n) is 6.61. The fourth-order valence-electron chi connectivity index (χ4n) is 0.771. The highest BCUT2D eigenvalue weighted by Crippen LogP contribution is 2.15. The quantitative estimate of drug-likeness (QED) is 0.776. The Morgan fingerprint density at radius 2 is 2.00 bits per heavy atom. The number of hydrogen-bond donors (Lipinski definition) is 1. The van der Waals surface area contributed by atoms with Crippen LogP contribution in [0.3, 0.4) is 0 Å². The van der Waals surface area contributed by atoms with Crippen molar-refractivity contribution in [3.63, 3.8) is 0 Å². The number of halogens is 2. The van der Waals surface area contributed by atoms with E-state index in [-0.39, 0.29) is 12.4 Å². The van der Waals surface area contributed by atoms with Crippen LogP contribution in [-0.2, 0) is 4.79 Å². The Kier molecular flexibility index (Phi) is 5.19. The molecule has 1 rings (SSSR count). The third kappa shape index (κ3) is 3.97. The molecule has 0 aromatic heterocycles. The Balaban J connectivity index is 0.00000144. The Labute approximate surface area is 87.2 Å². The Bertz CT molecular complexity index is 321. The maximum Gasteiger partial charge on any atom is 0.328 e. The van der Waals surface area contributed by atoms with Gasteiger partial charge in [-0.3, -0.25) is 0 Å². The number of rotatable bonds is 2. The lowest BCUT2D eigenvalue weighted by atomic mass is 10.2. The standard InChI is InChI=1S/C9H7ClO2.ClH/c10-8-4-2-1-3-7(8)5-6-9(11)12;/h1-6H,(H,11,12);1H. The molecule has 4 heteroatoms. The largest absolute Gasteiger partial charge is 0.478 e. The van der Waals surface area contributed by atoms with Gasteiger partial charge in [0.05, 0.1) is 0 Å². The highest BCUT2D eigenvalue weighted by molar-refractivity contribution is 6.32. The van der Waals surface area contributed by atoms with Crippen LogP contribution in [0.5, 0.6) is 0 Å². The summed E-state index contributed by atoms with van der Waals surface area (Å²) in [4.78, 5) is 10.2. The van der Waals surface area contributed by atoms with E-state index in [0.717, 1.165) is 6.08 Å². The number of carboxylic acids is 1. The van der Waals surface area contributed by atoms with E-state index >= 15 is 0 Å². The van der Waals surface area contributed by atoms with E-state index in [4.69, 9.17) is 16.7 Å². The van der Waals surface area contributed by atoms with Crippen molar-refractivity contribution in [1.29, 1.82) is 0 Å². The Hall–Kier alpha value is -0.990. The molecule has 0 spiro atoms. The molecule has 1 N–H and O–H groups in total. The smallest absolute Gasteiger partial charge is 0.328 e. The zero-order valence-corrected chi connectivity index (χ0v) is 8.18. The van der Waals surface area contributed by atoms with E-state index in [1.165, 1.54) is 6.08 Å². The van der Waals surface area contributed by atoms with E-state index in [0.29, 0.717) is 10.6 Å². The second kappa shape index (κ2) is 5.62. The molecule has 0 bridgehead atoms. The topological polar surface area (TPSA) is 37.3 Å². The first-order chi connectivity index (χ1) is 5.70. The van der Waals surface area contributed by atoms with Crippen molar-refractivity contribution in [2.75, 3.05) is 0 Å². The van der Waals surface area contributed by atoms with Crippen LogP contribution in [0.4, 0.5) is 0 Å². The molecule has 0 heterocycles. The van der Waals surface area contributed by atoms with Gasteiger partial charge in [0.1, 0.15) is 0 Å². The van der Waals surface area contributed by atoms with E-state index < -0.39 is 5.97 Å². The van der Waals surface area contributed by atoms with Crippen LogP contribution >= 0.6 is 24.0 Å². The van der Waals surface area contributed by atoms with Crippen LogP contribution in [-0.4, -0.2) is 11.1 Å². The minimum absolute atomic E-state index is 0. The lowest BCUT2D eigenvalue weighted by molar-refractivity contribution is -0.131. The number of carbonyl (C=O) groups is 1. The van der Waals surface area contributed by atoms with Crippen LogP contribution in [0, 0.1) is 0 Å².